The summed E-state index contributed by atoms with van der Waals surface area (Å²) in [5.74, 6) is 0. The second kappa shape index (κ2) is 8.37. The van der Waals surface area contributed by atoms with Gasteiger partial charge in [0.15, 0.2) is 5.60 Å². The van der Waals surface area contributed by atoms with E-state index in [1.54, 1.807) is 12.1 Å². The fraction of sp³-hybridized carbons (Fsp3) is 0.0526. The van der Waals surface area contributed by atoms with Gasteiger partial charge in [0.25, 0.3) is 20.2 Å². The Kier molecular flexibility index (Phi) is 6.27. The van der Waals surface area contributed by atoms with Crippen molar-refractivity contribution in [1.82, 2.24) is 0 Å². The lowest BCUT2D eigenvalue weighted by Crippen LogP contribution is -2.37. The molecule has 0 amide bonds. The molecule has 0 saturated heterocycles. The fourth-order valence-corrected chi connectivity index (χ4v) is 6.02. The van der Waals surface area contributed by atoms with E-state index in [0.29, 0.717) is 6.07 Å². The minimum absolute atomic E-state index is 0.0405. The summed E-state index contributed by atoms with van der Waals surface area (Å²) in [5, 5.41) is 0. The molecule has 3 N–H and O–H groups in total. The third-order valence-electron chi connectivity index (χ3n) is 4.49. The Labute approximate surface area is 184 Å². The standard InChI is InChI=1S/C19H16O10S3/c20-30(21,22)17-13-7-12-16(18(17)31(23,24)25)19(29-32(26,27)28,14-8-3-1-4-9-14)15-10-5-2-6-11-15/h1-13H,(H,20,21,22)(H,23,24,25)(H,26,27,28). The van der Waals surface area contributed by atoms with Crippen molar-refractivity contribution < 1.29 is 43.1 Å². The first-order chi connectivity index (χ1) is 14.8. The van der Waals surface area contributed by atoms with Gasteiger partial charge in [0.1, 0.15) is 9.79 Å². The van der Waals surface area contributed by atoms with Crippen molar-refractivity contribution in [2.75, 3.05) is 0 Å². The quantitative estimate of drug-likeness (QED) is 0.323. The zero-order chi connectivity index (χ0) is 23.8. The monoisotopic (exact) mass is 500 g/mol. The Morgan fingerprint density at radius 2 is 1.06 bits per heavy atom. The third-order valence-corrected chi connectivity index (χ3v) is 6.93. The van der Waals surface area contributed by atoms with Crippen molar-refractivity contribution in [2.45, 2.75) is 15.4 Å². The fourth-order valence-electron chi connectivity index (χ4n) is 3.38. The second-order valence-electron chi connectivity index (χ2n) is 6.51. The molecule has 13 heteroatoms. The average molecular weight is 501 g/mol. The van der Waals surface area contributed by atoms with Gasteiger partial charge in [-0.25, -0.2) is 4.18 Å². The third kappa shape index (κ3) is 4.73. The molecule has 0 spiro atoms. The number of benzene rings is 3. The largest absolute Gasteiger partial charge is 0.398 e. The molecule has 0 aromatic heterocycles. The van der Waals surface area contributed by atoms with E-state index < -0.39 is 51.6 Å². The summed E-state index contributed by atoms with van der Waals surface area (Å²) in [5.41, 5.74) is -3.25. The summed E-state index contributed by atoms with van der Waals surface area (Å²) >= 11 is 0. The predicted octanol–water partition coefficient (Wildman–Crippen LogP) is 2.29. The van der Waals surface area contributed by atoms with E-state index in [1.165, 1.54) is 48.5 Å². The number of hydrogen-bond donors (Lipinski definition) is 3. The van der Waals surface area contributed by atoms with Crippen LogP contribution in [0.1, 0.15) is 16.7 Å². The van der Waals surface area contributed by atoms with Gasteiger partial charge in [-0.1, -0.05) is 72.8 Å². The minimum Gasteiger partial charge on any atom is -0.282 e. The first kappa shape index (κ1) is 24.0. The molecule has 10 nitrogen and oxygen atoms in total. The lowest BCUT2D eigenvalue weighted by molar-refractivity contribution is 0.136. The molecule has 0 atom stereocenters. The van der Waals surface area contributed by atoms with Crippen LogP contribution in [0.2, 0.25) is 0 Å². The molecule has 3 aromatic carbocycles. The molecule has 0 radical (unpaired) electrons. The Morgan fingerprint density at radius 3 is 1.44 bits per heavy atom. The minimum atomic E-state index is -5.40. The van der Waals surface area contributed by atoms with E-state index in [2.05, 4.69) is 0 Å². The molecular formula is C19H16O10S3. The molecule has 0 bridgehead atoms. The molecule has 0 fully saturated rings. The van der Waals surface area contributed by atoms with Crippen LogP contribution in [-0.4, -0.2) is 38.9 Å². The molecule has 170 valence electrons. The van der Waals surface area contributed by atoms with Crippen LogP contribution in [0.3, 0.4) is 0 Å². The topological polar surface area (TPSA) is 172 Å². The highest BCUT2D eigenvalue weighted by Crippen LogP contribution is 2.45. The van der Waals surface area contributed by atoms with Gasteiger partial charge in [-0.2, -0.15) is 25.3 Å². The second-order valence-corrected chi connectivity index (χ2v) is 10.3. The summed E-state index contributed by atoms with van der Waals surface area (Å²) in [7, 11) is -15.9. The van der Waals surface area contributed by atoms with E-state index in [1.807, 2.05) is 0 Å². The summed E-state index contributed by atoms with van der Waals surface area (Å²) < 4.78 is 107. The van der Waals surface area contributed by atoms with Gasteiger partial charge in [0.05, 0.1) is 0 Å². The molecule has 0 heterocycles. The Hall–Kier alpha value is -2.65. The maximum Gasteiger partial charge on any atom is 0.398 e. The van der Waals surface area contributed by atoms with Crippen molar-refractivity contribution in [3.8, 4) is 0 Å². The van der Waals surface area contributed by atoms with Crippen LogP contribution in [0.5, 0.6) is 0 Å². The molecule has 0 saturated carbocycles. The van der Waals surface area contributed by atoms with Crippen LogP contribution < -0.4 is 0 Å². The maximum absolute atomic E-state index is 12.3. The van der Waals surface area contributed by atoms with E-state index >= 15 is 0 Å². The highest BCUT2D eigenvalue weighted by molar-refractivity contribution is 7.89. The molecule has 0 unspecified atom stereocenters. The van der Waals surface area contributed by atoms with Gasteiger partial charge in [0, 0.05) is 5.56 Å². The first-order valence-electron chi connectivity index (χ1n) is 8.64. The van der Waals surface area contributed by atoms with Crippen LogP contribution in [-0.2, 0) is 40.4 Å². The first-order valence-corrected chi connectivity index (χ1v) is 12.9. The van der Waals surface area contributed by atoms with E-state index in [4.69, 9.17) is 4.18 Å². The molecule has 3 rings (SSSR count). The van der Waals surface area contributed by atoms with Gasteiger partial charge < -0.3 is 0 Å². The van der Waals surface area contributed by atoms with Crippen molar-refractivity contribution in [3.05, 3.63) is 95.6 Å². The van der Waals surface area contributed by atoms with Crippen LogP contribution >= 0.6 is 0 Å². The van der Waals surface area contributed by atoms with Crippen molar-refractivity contribution in [3.63, 3.8) is 0 Å². The van der Waals surface area contributed by atoms with E-state index in [9.17, 15) is 38.9 Å². The molecule has 0 aliphatic heterocycles. The lowest BCUT2D eigenvalue weighted by atomic mass is 9.80. The summed E-state index contributed by atoms with van der Waals surface area (Å²) in [4.78, 5) is -2.54. The highest BCUT2D eigenvalue weighted by atomic mass is 32.3. The lowest BCUT2D eigenvalue weighted by Gasteiger charge is -2.34. The average Bonchev–Trinajstić information content (AvgIpc) is 2.71. The van der Waals surface area contributed by atoms with Crippen LogP contribution in [0.15, 0.2) is 88.7 Å². The van der Waals surface area contributed by atoms with Gasteiger partial charge in [-0.3, -0.25) is 13.7 Å². The zero-order valence-electron chi connectivity index (χ0n) is 15.9. The molecule has 32 heavy (non-hydrogen) atoms. The van der Waals surface area contributed by atoms with Crippen molar-refractivity contribution >= 4 is 30.6 Å². The molecule has 0 aliphatic rings. The van der Waals surface area contributed by atoms with E-state index in [-0.39, 0.29) is 11.1 Å². The van der Waals surface area contributed by atoms with Crippen LogP contribution in [0.4, 0.5) is 0 Å². The molecular weight excluding hydrogens is 484 g/mol. The van der Waals surface area contributed by atoms with Gasteiger partial charge in [-0.15, -0.1) is 0 Å². The van der Waals surface area contributed by atoms with Crippen molar-refractivity contribution in [1.29, 1.82) is 0 Å². The van der Waals surface area contributed by atoms with E-state index in [0.717, 1.165) is 12.1 Å². The maximum atomic E-state index is 12.3. The Bertz CT molecular complexity index is 1410. The number of hydrogen-bond acceptors (Lipinski definition) is 7. The Morgan fingerprint density at radius 1 is 0.594 bits per heavy atom. The SMILES string of the molecule is O=S(=O)(O)OC(c1ccccc1)(c1ccccc1)c1cccc(S(=O)(=O)O)c1S(=O)(=O)O. The predicted molar refractivity (Wildman–Crippen MR) is 111 cm³/mol. The van der Waals surface area contributed by atoms with Crippen molar-refractivity contribution in [2.24, 2.45) is 0 Å². The molecule has 0 aliphatic carbocycles. The molecule has 3 aromatic rings. The van der Waals surface area contributed by atoms with Gasteiger partial charge in [0.2, 0.25) is 0 Å². The summed E-state index contributed by atoms with van der Waals surface area (Å²) in [6.07, 6.45) is 0. The summed E-state index contributed by atoms with van der Waals surface area (Å²) in [6.45, 7) is 0. The van der Waals surface area contributed by atoms with Gasteiger partial charge >= 0.3 is 10.4 Å². The highest BCUT2D eigenvalue weighted by Gasteiger charge is 2.46. The zero-order valence-corrected chi connectivity index (χ0v) is 18.4. The number of rotatable bonds is 7. The Balaban J connectivity index is 2.65. The van der Waals surface area contributed by atoms with Crippen LogP contribution in [0, 0.1) is 0 Å². The normalized spacial score (nSPS) is 13.1. The smallest absolute Gasteiger partial charge is 0.282 e. The van der Waals surface area contributed by atoms with Gasteiger partial charge in [-0.05, 0) is 17.2 Å². The summed E-state index contributed by atoms with van der Waals surface area (Å²) in [6, 6.07) is 17.0. The van der Waals surface area contributed by atoms with Crippen LogP contribution in [0.25, 0.3) is 0 Å².